The molecule has 0 bridgehead atoms. The first-order valence-electron chi connectivity index (χ1n) is 8.96. The molecule has 4 heterocycles. The SMILES string of the molecule is O=C(NC1CCOC12CCOCC2)c1cc(CN2CCCC2)on1. The van der Waals surface area contributed by atoms with Crippen molar-refractivity contribution in [2.75, 3.05) is 32.9 Å². The van der Waals surface area contributed by atoms with Crippen LogP contribution in [0.25, 0.3) is 0 Å². The van der Waals surface area contributed by atoms with Crippen molar-refractivity contribution >= 4 is 5.91 Å². The van der Waals surface area contributed by atoms with Crippen molar-refractivity contribution in [1.29, 1.82) is 0 Å². The number of carbonyl (C=O) groups is 1. The van der Waals surface area contributed by atoms with Gasteiger partial charge in [-0.25, -0.2) is 0 Å². The third-order valence-corrected chi connectivity index (χ3v) is 5.45. The molecule has 1 aromatic rings. The molecule has 3 aliphatic heterocycles. The maximum Gasteiger partial charge on any atom is 0.273 e. The molecular weight excluding hydrogens is 310 g/mol. The molecule has 0 aliphatic carbocycles. The Morgan fingerprint density at radius 2 is 2.08 bits per heavy atom. The van der Waals surface area contributed by atoms with Crippen molar-refractivity contribution in [3.63, 3.8) is 0 Å². The first-order chi connectivity index (χ1) is 11.8. The fourth-order valence-electron chi connectivity index (χ4n) is 4.04. The molecule has 7 heteroatoms. The molecule has 24 heavy (non-hydrogen) atoms. The van der Waals surface area contributed by atoms with Crippen LogP contribution in [0.4, 0.5) is 0 Å². The molecule has 3 aliphatic rings. The van der Waals surface area contributed by atoms with E-state index in [0.29, 0.717) is 25.5 Å². The lowest BCUT2D eigenvalue weighted by Gasteiger charge is -2.37. The number of rotatable bonds is 4. The molecule has 3 fully saturated rings. The summed E-state index contributed by atoms with van der Waals surface area (Å²) < 4.78 is 16.8. The van der Waals surface area contributed by atoms with Gasteiger partial charge in [-0.15, -0.1) is 0 Å². The molecule has 0 saturated carbocycles. The molecule has 1 unspecified atom stereocenters. The lowest BCUT2D eigenvalue weighted by Crippen LogP contribution is -2.52. The Labute approximate surface area is 141 Å². The second-order valence-corrected chi connectivity index (χ2v) is 7.00. The number of amides is 1. The summed E-state index contributed by atoms with van der Waals surface area (Å²) in [5.74, 6) is 0.582. The third kappa shape index (κ3) is 3.20. The van der Waals surface area contributed by atoms with Gasteiger partial charge in [0.25, 0.3) is 5.91 Å². The quantitative estimate of drug-likeness (QED) is 0.895. The summed E-state index contributed by atoms with van der Waals surface area (Å²) in [4.78, 5) is 14.9. The van der Waals surface area contributed by atoms with E-state index < -0.39 is 0 Å². The van der Waals surface area contributed by atoms with Gasteiger partial charge in [0.15, 0.2) is 11.5 Å². The number of nitrogens with one attached hydrogen (secondary N) is 1. The van der Waals surface area contributed by atoms with Gasteiger partial charge in [-0.1, -0.05) is 5.16 Å². The molecule has 4 rings (SSSR count). The molecule has 132 valence electrons. The van der Waals surface area contributed by atoms with Gasteiger partial charge in [0.1, 0.15) is 0 Å². The Balaban J connectivity index is 1.38. The summed E-state index contributed by atoms with van der Waals surface area (Å²) in [6.07, 6.45) is 4.96. The Kier molecular flexibility index (Phi) is 4.56. The Morgan fingerprint density at radius 1 is 1.29 bits per heavy atom. The van der Waals surface area contributed by atoms with Gasteiger partial charge >= 0.3 is 0 Å². The maximum atomic E-state index is 12.5. The van der Waals surface area contributed by atoms with Gasteiger partial charge < -0.3 is 19.3 Å². The standard InChI is InChI=1S/C17H25N3O4/c21-16(14-11-13(24-19-14)12-20-6-1-2-7-20)18-15-3-8-23-17(15)4-9-22-10-5-17/h11,15H,1-10,12H2,(H,18,21). The number of hydrogen-bond acceptors (Lipinski definition) is 6. The number of hydrogen-bond donors (Lipinski definition) is 1. The molecule has 3 saturated heterocycles. The smallest absolute Gasteiger partial charge is 0.273 e. The minimum Gasteiger partial charge on any atom is -0.381 e. The van der Waals surface area contributed by atoms with E-state index in [1.807, 2.05) is 0 Å². The van der Waals surface area contributed by atoms with E-state index in [1.54, 1.807) is 6.07 Å². The largest absolute Gasteiger partial charge is 0.381 e. The van der Waals surface area contributed by atoms with Crippen LogP contribution < -0.4 is 5.32 Å². The maximum absolute atomic E-state index is 12.5. The van der Waals surface area contributed by atoms with E-state index in [-0.39, 0.29) is 17.6 Å². The molecule has 1 aromatic heterocycles. The monoisotopic (exact) mass is 335 g/mol. The molecule has 0 radical (unpaired) electrons. The van der Waals surface area contributed by atoms with Crippen LogP contribution >= 0.6 is 0 Å². The van der Waals surface area contributed by atoms with Gasteiger partial charge in [-0.05, 0) is 32.4 Å². The van der Waals surface area contributed by atoms with E-state index in [1.165, 1.54) is 12.8 Å². The van der Waals surface area contributed by atoms with Crippen LogP contribution in [0.15, 0.2) is 10.6 Å². The molecule has 1 atom stereocenters. The van der Waals surface area contributed by atoms with Crippen molar-refractivity contribution in [3.05, 3.63) is 17.5 Å². The second kappa shape index (κ2) is 6.82. The van der Waals surface area contributed by atoms with E-state index in [0.717, 1.165) is 44.7 Å². The van der Waals surface area contributed by atoms with Crippen molar-refractivity contribution in [2.24, 2.45) is 0 Å². The third-order valence-electron chi connectivity index (χ3n) is 5.45. The van der Waals surface area contributed by atoms with Crippen LogP contribution in [0.1, 0.15) is 48.4 Å². The number of carbonyl (C=O) groups excluding carboxylic acids is 1. The highest BCUT2D eigenvalue weighted by Gasteiger charge is 2.46. The van der Waals surface area contributed by atoms with Crippen LogP contribution in [0, 0.1) is 0 Å². The second-order valence-electron chi connectivity index (χ2n) is 7.00. The van der Waals surface area contributed by atoms with E-state index >= 15 is 0 Å². The van der Waals surface area contributed by atoms with Crippen LogP contribution in [-0.2, 0) is 16.0 Å². The predicted octanol–water partition coefficient (Wildman–Crippen LogP) is 1.34. The Morgan fingerprint density at radius 3 is 2.88 bits per heavy atom. The minimum atomic E-state index is -0.268. The lowest BCUT2D eigenvalue weighted by atomic mass is 9.86. The predicted molar refractivity (Wildman–Crippen MR) is 85.6 cm³/mol. The summed E-state index contributed by atoms with van der Waals surface area (Å²) >= 11 is 0. The molecule has 1 N–H and O–H groups in total. The average Bonchev–Trinajstić information content (AvgIpc) is 3.33. The van der Waals surface area contributed by atoms with Gasteiger partial charge in [0, 0.05) is 38.7 Å². The van der Waals surface area contributed by atoms with E-state index in [2.05, 4.69) is 15.4 Å². The van der Waals surface area contributed by atoms with Crippen LogP contribution in [0.5, 0.6) is 0 Å². The minimum absolute atomic E-state index is 0.0210. The van der Waals surface area contributed by atoms with Crippen molar-refractivity contribution < 1.29 is 18.8 Å². The number of nitrogens with zero attached hydrogens (tertiary/aromatic N) is 2. The van der Waals surface area contributed by atoms with Crippen LogP contribution in [0.2, 0.25) is 0 Å². The molecule has 7 nitrogen and oxygen atoms in total. The van der Waals surface area contributed by atoms with Gasteiger partial charge in [-0.3, -0.25) is 9.69 Å². The molecule has 0 aromatic carbocycles. The summed E-state index contributed by atoms with van der Waals surface area (Å²) in [5.41, 5.74) is 0.0917. The zero-order valence-electron chi connectivity index (χ0n) is 14.0. The molecule has 1 amide bonds. The number of ether oxygens (including phenoxy) is 2. The zero-order valence-corrected chi connectivity index (χ0v) is 14.0. The molecule has 1 spiro atoms. The first kappa shape index (κ1) is 16.1. The highest BCUT2D eigenvalue weighted by atomic mass is 16.5. The van der Waals surface area contributed by atoms with E-state index in [9.17, 15) is 4.79 Å². The van der Waals surface area contributed by atoms with Gasteiger partial charge in [0.05, 0.1) is 18.2 Å². The fourth-order valence-corrected chi connectivity index (χ4v) is 4.04. The summed E-state index contributed by atoms with van der Waals surface area (Å²) in [6.45, 7) is 4.98. The highest BCUT2D eigenvalue weighted by Crippen LogP contribution is 2.35. The van der Waals surface area contributed by atoms with Crippen molar-refractivity contribution in [2.45, 2.75) is 50.3 Å². The van der Waals surface area contributed by atoms with Crippen molar-refractivity contribution in [3.8, 4) is 0 Å². The highest BCUT2D eigenvalue weighted by molar-refractivity contribution is 5.92. The topological polar surface area (TPSA) is 76.8 Å². The molecular formula is C17H25N3O4. The fraction of sp³-hybridized carbons (Fsp3) is 0.765. The summed E-state index contributed by atoms with van der Waals surface area (Å²) in [6, 6.07) is 1.78. The lowest BCUT2D eigenvalue weighted by molar-refractivity contribution is -0.0872. The van der Waals surface area contributed by atoms with Crippen molar-refractivity contribution in [1.82, 2.24) is 15.4 Å². The van der Waals surface area contributed by atoms with Crippen LogP contribution in [0.3, 0.4) is 0 Å². The Hall–Kier alpha value is -1.44. The van der Waals surface area contributed by atoms with Crippen LogP contribution in [-0.4, -0.2) is 60.5 Å². The van der Waals surface area contributed by atoms with Gasteiger partial charge in [-0.2, -0.15) is 0 Å². The Bertz CT molecular complexity index is 576. The van der Waals surface area contributed by atoms with E-state index in [4.69, 9.17) is 14.0 Å². The number of likely N-dealkylation sites (tertiary alicyclic amines) is 1. The number of aromatic nitrogens is 1. The summed E-state index contributed by atoms with van der Waals surface area (Å²) in [5, 5.41) is 7.06. The van der Waals surface area contributed by atoms with Gasteiger partial charge in [0.2, 0.25) is 0 Å². The first-order valence-corrected chi connectivity index (χ1v) is 8.96. The zero-order chi connectivity index (χ0) is 16.4. The average molecular weight is 335 g/mol. The normalized spacial score (nSPS) is 26.9. The summed E-state index contributed by atoms with van der Waals surface area (Å²) in [7, 11) is 0.